The number of hydrogen-bond donors (Lipinski definition) is 1. The molecule has 1 N–H and O–H groups in total. The number of rotatable bonds is 5. The molecule has 0 bridgehead atoms. The summed E-state index contributed by atoms with van der Waals surface area (Å²) in [5.41, 5.74) is 4.69. The van der Waals surface area contributed by atoms with Gasteiger partial charge in [-0.25, -0.2) is 4.39 Å². The first kappa shape index (κ1) is 17.1. The van der Waals surface area contributed by atoms with E-state index in [0.717, 1.165) is 22.3 Å². The maximum atomic E-state index is 14.1. The lowest BCUT2D eigenvalue weighted by Gasteiger charge is -2.07. The number of halogens is 1. The Kier molecular flexibility index (Phi) is 4.72. The van der Waals surface area contributed by atoms with Gasteiger partial charge in [-0.15, -0.1) is 0 Å². The molecule has 0 spiro atoms. The summed E-state index contributed by atoms with van der Waals surface area (Å²) < 4.78 is 15.8. The average molecular weight is 360 g/mol. The van der Waals surface area contributed by atoms with Crippen molar-refractivity contribution in [3.8, 4) is 33.5 Å². The smallest absolute Gasteiger partial charge is 0.132 e. The molecule has 6 heteroatoms. The first-order valence-electron chi connectivity index (χ1n) is 8.54. The van der Waals surface area contributed by atoms with E-state index in [9.17, 15) is 4.39 Å². The zero-order chi connectivity index (χ0) is 18.6. The molecule has 0 amide bonds. The lowest BCUT2D eigenvalue weighted by atomic mass is 10.0. The molecule has 0 atom stereocenters. The SMILES string of the molecule is OCCn1cc(-c2cncc(-c3ccnc(-c4ccccc4F)c3)c2)cn1. The van der Waals surface area contributed by atoms with Crippen molar-refractivity contribution in [3.63, 3.8) is 0 Å². The van der Waals surface area contributed by atoms with Crippen LogP contribution >= 0.6 is 0 Å². The molecule has 1 aromatic carbocycles. The predicted molar refractivity (Wildman–Crippen MR) is 101 cm³/mol. The molecule has 27 heavy (non-hydrogen) atoms. The van der Waals surface area contributed by atoms with Gasteiger partial charge in [-0.2, -0.15) is 5.10 Å². The number of pyridine rings is 2. The van der Waals surface area contributed by atoms with Crippen LogP contribution in [0.15, 0.2) is 73.4 Å². The lowest BCUT2D eigenvalue weighted by Crippen LogP contribution is -2.01. The van der Waals surface area contributed by atoms with E-state index in [1.54, 1.807) is 47.7 Å². The maximum absolute atomic E-state index is 14.1. The summed E-state index contributed by atoms with van der Waals surface area (Å²) in [5.74, 6) is -0.301. The first-order chi connectivity index (χ1) is 13.2. The standard InChI is InChI=1S/C21H17FN4O/c22-20-4-2-1-3-19(20)21-10-15(5-6-24-21)16-9-17(12-23-11-16)18-13-25-26(14-18)7-8-27/h1-6,9-14,27H,7-8H2. The first-order valence-corrected chi connectivity index (χ1v) is 8.54. The van der Waals surface area contributed by atoms with Gasteiger partial charge in [0.1, 0.15) is 5.82 Å². The molecule has 3 aromatic heterocycles. The van der Waals surface area contributed by atoms with E-state index in [1.807, 2.05) is 24.4 Å². The monoisotopic (exact) mass is 360 g/mol. The van der Waals surface area contributed by atoms with Crippen LogP contribution in [-0.4, -0.2) is 31.5 Å². The van der Waals surface area contributed by atoms with Gasteiger partial charge in [-0.05, 0) is 35.9 Å². The van der Waals surface area contributed by atoms with E-state index in [1.165, 1.54) is 6.07 Å². The zero-order valence-corrected chi connectivity index (χ0v) is 14.5. The molecule has 0 saturated carbocycles. The molecule has 4 aromatic rings. The molecule has 5 nitrogen and oxygen atoms in total. The maximum Gasteiger partial charge on any atom is 0.132 e. The molecule has 0 radical (unpaired) electrons. The van der Waals surface area contributed by atoms with Crippen LogP contribution in [0.4, 0.5) is 4.39 Å². The van der Waals surface area contributed by atoms with Gasteiger partial charge in [0.05, 0.1) is 25.0 Å². The molecule has 0 aliphatic carbocycles. The molecule has 0 fully saturated rings. The molecule has 0 saturated heterocycles. The van der Waals surface area contributed by atoms with E-state index in [2.05, 4.69) is 15.1 Å². The fourth-order valence-corrected chi connectivity index (χ4v) is 2.92. The highest BCUT2D eigenvalue weighted by molar-refractivity contribution is 5.74. The minimum Gasteiger partial charge on any atom is -0.394 e. The van der Waals surface area contributed by atoms with E-state index in [0.29, 0.717) is 17.8 Å². The van der Waals surface area contributed by atoms with Crippen molar-refractivity contribution in [1.82, 2.24) is 19.7 Å². The Bertz CT molecular complexity index is 1080. The number of benzene rings is 1. The van der Waals surface area contributed by atoms with Gasteiger partial charge >= 0.3 is 0 Å². The minimum absolute atomic E-state index is 0.0370. The van der Waals surface area contributed by atoms with Crippen molar-refractivity contribution in [2.24, 2.45) is 0 Å². The second-order valence-electron chi connectivity index (χ2n) is 6.09. The minimum atomic E-state index is -0.301. The molecule has 134 valence electrons. The van der Waals surface area contributed by atoms with Crippen molar-refractivity contribution >= 4 is 0 Å². The molecule has 3 heterocycles. The predicted octanol–water partition coefficient (Wildman–Crippen LogP) is 3.81. The Morgan fingerprint density at radius 1 is 0.926 bits per heavy atom. The average Bonchev–Trinajstić information content (AvgIpc) is 3.18. The number of aromatic nitrogens is 4. The summed E-state index contributed by atoms with van der Waals surface area (Å²) in [5, 5.41) is 13.3. The fraction of sp³-hybridized carbons (Fsp3) is 0.0952. The van der Waals surface area contributed by atoms with E-state index in [4.69, 9.17) is 5.11 Å². The highest BCUT2D eigenvalue weighted by Gasteiger charge is 2.09. The van der Waals surface area contributed by atoms with Crippen molar-refractivity contribution in [2.45, 2.75) is 6.54 Å². The molecular formula is C21H17FN4O. The quantitative estimate of drug-likeness (QED) is 0.588. The largest absolute Gasteiger partial charge is 0.394 e. The van der Waals surface area contributed by atoms with Crippen LogP contribution in [-0.2, 0) is 6.54 Å². The normalized spacial score (nSPS) is 10.9. The van der Waals surface area contributed by atoms with Crippen LogP contribution in [0.2, 0.25) is 0 Å². The third-order valence-electron chi connectivity index (χ3n) is 4.28. The second kappa shape index (κ2) is 7.47. The second-order valence-corrected chi connectivity index (χ2v) is 6.09. The van der Waals surface area contributed by atoms with Gasteiger partial charge in [0.2, 0.25) is 0 Å². The topological polar surface area (TPSA) is 63.8 Å². The van der Waals surface area contributed by atoms with Crippen molar-refractivity contribution < 1.29 is 9.50 Å². The molecular weight excluding hydrogens is 343 g/mol. The van der Waals surface area contributed by atoms with Gasteiger partial charge in [0.15, 0.2) is 0 Å². The molecule has 0 aliphatic rings. The number of aliphatic hydroxyl groups excluding tert-OH is 1. The summed E-state index contributed by atoms with van der Waals surface area (Å²) in [7, 11) is 0. The third kappa shape index (κ3) is 3.61. The van der Waals surface area contributed by atoms with Gasteiger partial charge in [-0.1, -0.05) is 12.1 Å². The van der Waals surface area contributed by atoms with Crippen molar-refractivity contribution in [1.29, 1.82) is 0 Å². The molecule has 0 aliphatic heterocycles. The van der Waals surface area contributed by atoms with E-state index in [-0.39, 0.29) is 12.4 Å². The Morgan fingerprint density at radius 2 is 1.74 bits per heavy atom. The van der Waals surface area contributed by atoms with Gasteiger partial charge < -0.3 is 5.11 Å². The van der Waals surface area contributed by atoms with Gasteiger partial charge in [0.25, 0.3) is 0 Å². The van der Waals surface area contributed by atoms with Crippen LogP contribution in [0.25, 0.3) is 33.5 Å². The zero-order valence-electron chi connectivity index (χ0n) is 14.5. The summed E-state index contributed by atoms with van der Waals surface area (Å²) >= 11 is 0. The van der Waals surface area contributed by atoms with Gasteiger partial charge in [0, 0.05) is 47.0 Å². The van der Waals surface area contributed by atoms with Crippen molar-refractivity contribution in [3.05, 3.63) is 79.3 Å². The highest BCUT2D eigenvalue weighted by atomic mass is 19.1. The Balaban J connectivity index is 1.70. The number of hydrogen-bond acceptors (Lipinski definition) is 4. The van der Waals surface area contributed by atoms with Crippen LogP contribution in [0.5, 0.6) is 0 Å². The Hall–Kier alpha value is -3.38. The summed E-state index contributed by atoms with van der Waals surface area (Å²) in [4.78, 5) is 8.63. The summed E-state index contributed by atoms with van der Waals surface area (Å²) in [6.07, 6.45) is 8.82. The summed E-state index contributed by atoms with van der Waals surface area (Å²) in [6, 6.07) is 12.3. The summed E-state index contributed by atoms with van der Waals surface area (Å²) in [6.45, 7) is 0.485. The Morgan fingerprint density at radius 3 is 2.56 bits per heavy atom. The number of nitrogens with zero attached hydrogens (tertiary/aromatic N) is 4. The van der Waals surface area contributed by atoms with E-state index < -0.39 is 0 Å². The van der Waals surface area contributed by atoms with Crippen LogP contribution < -0.4 is 0 Å². The van der Waals surface area contributed by atoms with Gasteiger partial charge in [-0.3, -0.25) is 14.6 Å². The highest BCUT2D eigenvalue weighted by Crippen LogP contribution is 2.28. The van der Waals surface area contributed by atoms with Crippen LogP contribution in [0.1, 0.15) is 0 Å². The van der Waals surface area contributed by atoms with Crippen LogP contribution in [0, 0.1) is 5.82 Å². The molecule has 0 unspecified atom stereocenters. The molecule has 4 rings (SSSR count). The van der Waals surface area contributed by atoms with Crippen LogP contribution in [0.3, 0.4) is 0 Å². The van der Waals surface area contributed by atoms with Crippen molar-refractivity contribution in [2.75, 3.05) is 6.61 Å². The van der Waals surface area contributed by atoms with E-state index >= 15 is 0 Å². The lowest BCUT2D eigenvalue weighted by molar-refractivity contribution is 0.269. The fourth-order valence-electron chi connectivity index (χ4n) is 2.92. The Labute approximate surface area is 155 Å². The third-order valence-corrected chi connectivity index (χ3v) is 4.28. The number of aliphatic hydroxyl groups is 1.